The summed E-state index contributed by atoms with van der Waals surface area (Å²) in [6, 6.07) is -0.0771. The minimum absolute atomic E-state index is 0.0771. The van der Waals surface area contributed by atoms with Crippen LogP contribution in [0.1, 0.15) is 30.9 Å². The van der Waals surface area contributed by atoms with Crippen LogP contribution in [0, 0.1) is 0 Å². The molecule has 0 aliphatic rings. The van der Waals surface area contributed by atoms with E-state index >= 15 is 0 Å². The highest BCUT2D eigenvalue weighted by atomic mass is 15.3. The van der Waals surface area contributed by atoms with Gasteiger partial charge < -0.3 is 4.57 Å². The highest BCUT2D eigenvalue weighted by Crippen LogP contribution is 2.13. The molecule has 0 fully saturated rings. The molecule has 0 saturated heterocycles. The average molecular weight is 235 g/mol. The predicted molar refractivity (Wildman–Crippen MR) is 62.7 cm³/mol. The standard InChI is InChI=1S/C10H17N7/c1-2-4-17-5-3-12-10(17)6-8(14-11)9-7-13-16-15-9/h3,5,7-8,14H,2,4,6,11H2,1H3,(H,13,15,16). The van der Waals surface area contributed by atoms with Crippen LogP contribution in [0.3, 0.4) is 0 Å². The summed E-state index contributed by atoms with van der Waals surface area (Å²) in [5.74, 6) is 6.53. The van der Waals surface area contributed by atoms with Gasteiger partial charge in [0.1, 0.15) is 11.5 Å². The van der Waals surface area contributed by atoms with Gasteiger partial charge in [0, 0.05) is 25.4 Å². The Morgan fingerprint density at radius 3 is 3.12 bits per heavy atom. The molecule has 0 amide bonds. The number of nitrogens with two attached hydrogens (primary N) is 1. The average Bonchev–Trinajstić information content (AvgIpc) is 2.97. The van der Waals surface area contributed by atoms with Gasteiger partial charge in [-0.2, -0.15) is 15.4 Å². The number of rotatable bonds is 6. The largest absolute Gasteiger partial charge is 0.335 e. The van der Waals surface area contributed by atoms with Crippen LogP contribution in [0.4, 0.5) is 0 Å². The minimum Gasteiger partial charge on any atom is -0.335 e. The van der Waals surface area contributed by atoms with Gasteiger partial charge in [-0.1, -0.05) is 6.92 Å². The zero-order chi connectivity index (χ0) is 12.1. The molecule has 1 atom stereocenters. The first-order valence-electron chi connectivity index (χ1n) is 5.67. The van der Waals surface area contributed by atoms with Crippen molar-refractivity contribution in [1.29, 1.82) is 0 Å². The molecule has 2 aromatic heterocycles. The molecular weight excluding hydrogens is 218 g/mol. The number of hydrazine groups is 1. The Morgan fingerprint density at radius 2 is 2.47 bits per heavy atom. The summed E-state index contributed by atoms with van der Waals surface area (Å²) in [6.45, 7) is 3.10. The monoisotopic (exact) mass is 235 g/mol. The first kappa shape index (κ1) is 11.7. The Balaban J connectivity index is 2.10. The quantitative estimate of drug-likeness (QED) is 0.489. The van der Waals surface area contributed by atoms with E-state index in [0.29, 0.717) is 6.42 Å². The van der Waals surface area contributed by atoms with Gasteiger partial charge in [0.15, 0.2) is 0 Å². The summed E-state index contributed by atoms with van der Waals surface area (Å²) in [5.41, 5.74) is 3.53. The van der Waals surface area contributed by atoms with Crippen LogP contribution in [0.25, 0.3) is 0 Å². The van der Waals surface area contributed by atoms with E-state index in [2.05, 4.69) is 37.3 Å². The summed E-state index contributed by atoms with van der Waals surface area (Å²) in [6.07, 6.45) is 7.22. The van der Waals surface area contributed by atoms with Crippen LogP contribution in [-0.4, -0.2) is 25.0 Å². The third-order valence-corrected chi connectivity index (χ3v) is 2.64. The van der Waals surface area contributed by atoms with Crippen molar-refractivity contribution in [1.82, 2.24) is 30.4 Å². The maximum Gasteiger partial charge on any atom is 0.110 e. The van der Waals surface area contributed by atoms with Crippen molar-refractivity contribution in [2.24, 2.45) is 5.84 Å². The number of nitrogens with zero attached hydrogens (tertiary/aromatic N) is 4. The molecule has 2 rings (SSSR count). The van der Waals surface area contributed by atoms with Crippen molar-refractivity contribution < 1.29 is 0 Å². The van der Waals surface area contributed by atoms with Crippen LogP contribution in [0.15, 0.2) is 18.6 Å². The maximum absolute atomic E-state index is 5.54. The van der Waals surface area contributed by atoms with E-state index in [9.17, 15) is 0 Å². The summed E-state index contributed by atoms with van der Waals surface area (Å²) >= 11 is 0. The van der Waals surface area contributed by atoms with Gasteiger partial charge in [-0.3, -0.25) is 11.3 Å². The maximum atomic E-state index is 5.54. The second-order valence-corrected chi connectivity index (χ2v) is 3.86. The molecule has 1 unspecified atom stereocenters. The number of hydrogen-bond acceptors (Lipinski definition) is 5. The van der Waals surface area contributed by atoms with Crippen molar-refractivity contribution >= 4 is 0 Å². The summed E-state index contributed by atoms with van der Waals surface area (Å²) < 4.78 is 2.13. The highest BCUT2D eigenvalue weighted by Gasteiger charge is 2.16. The zero-order valence-corrected chi connectivity index (χ0v) is 9.80. The van der Waals surface area contributed by atoms with Gasteiger partial charge >= 0.3 is 0 Å². The van der Waals surface area contributed by atoms with Crippen LogP contribution in [-0.2, 0) is 13.0 Å². The van der Waals surface area contributed by atoms with E-state index in [0.717, 1.165) is 24.5 Å². The molecule has 2 heterocycles. The predicted octanol–water partition coefficient (Wildman–Crippen LogP) is 0.158. The second kappa shape index (κ2) is 5.55. The molecule has 7 heteroatoms. The number of imidazole rings is 1. The van der Waals surface area contributed by atoms with Crippen LogP contribution in [0.5, 0.6) is 0 Å². The van der Waals surface area contributed by atoms with E-state index in [1.807, 2.05) is 6.20 Å². The number of nitrogens with one attached hydrogen (secondary N) is 2. The minimum atomic E-state index is -0.0771. The lowest BCUT2D eigenvalue weighted by atomic mass is 10.1. The molecule has 0 aliphatic heterocycles. The van der Waals surface area contributed by atoms with Crippen molar-refractivity contribution in [3.05, 3.63) is 30.1 Å². The van der Waals surface area contributed by atoms with Crippen molar-refractivity contribution in [2.75, 3.05) is 0 Å². The normalized spacial score (nSPS) is 12.8. The molecular formula is C10H17N7. The molecule has 4 N–H and O–H groups in total. The zero-order valence-electron chi connectivity index (χ0n) is 9.80. The number of aromatic nitrogens is 5. The Hall–Kier alpha value is -1.73. The number of aryl methyl sites for hydroxylation is 1. The Kier molecular flexibility index (Phi) is 3.84. The van der Waals surface area contributed by atoms with Crippen LogP contribution in [0.2, 0.25) is 0 Å². The fourth-order valence-corrected chi connectivity index (χ4v) is 1.78. The summed E-state index contributed by atoms with van der Waals surface area (Å²) in [5, 5.41) is 10.4. The smallest absolute Gasteiger partial charge is 0.110 e. The first-order valence-corrected chi connectivity index (χ1v) is 5.67. The van der Waals surface area contributed by atoms with Crippen LogP contribution >= 0.6 is 0 Å². The number of H-pyrrole nitrogens is 1. The lowest BCUT2D eigenvalue weighted by Crippen LogP contribution is -2.30. The molecule has 92 valence electrons. The van der Waals surface area contributed by atoms with E-state index in [4.69, 9.17) is 5.84 Å². The van der Waals surface area contributed by atoms with E-state index < -0.39 is 0 Å². The molecule has 17 heavy (non-hydrogen) atoms. The fraction of sp³-hybridized carbons (Fsp3) is 0.500. The van der Waals surface area contributed by atoms with Gasteiger partial charge in [-0.25, -0.2) is 4.98 Å². The first-order chi connectivity index (χ1) is 8.35. The molecule has 0 saturated carbocycles. The third kappa shape index (κ3) is 2.69. The fourth-order valence-electron chi connectivity index (χ4n) is 1.78. The van der Waals surface area contributed by atoms with Gasteiger partial charge in [0.05, 0.1) is 12.2 Å². The van der Waals surface area contributed by atoms with Crippen molar-refractivity contribution in [3.8, 4) is 0 Å². The summed E-state index contributed by atoms with van der Waals surface area (Å²) in [4.78, 5) is 4.34. The molecule has 0 radical (unpaired) electrons. The molecule has 0 bridgehead atoms. The topological polar surface area (TPSA) is 97.4 Å². The highest BCUT2D eigenvalue weighted by molar-refractivity contribution is 5.05. The van der Waals surface area contributed by atoms with E-state index in [1.165, 1.54) is 0 Å². The number of hydrogen-bond donors (Lipinski definition) is 3. The lowest BCUT2D eigenvalue weighted by molar-refractivity contribution is 0.506. The lowest BCUT2D eigenvalue weighted by Gasteiger charge is -2.13. The summed E-state index contributed by atoms with van der Waals surface area (Å²) in [7, 11) is 0. The second-order valence-electron chi connectivity index (χ2n) is 3.86. The SMILES string of the molecule is CCCn1ccnc1CC(NN)c1cn[nH]n1. The van der Waals surface area contributed by atoms with Crippen molar-refractivity contribution in [3.63, 3.8) is 0 Å². The Bertz CT molecular complexity index is 433. The third-order valence-electron chi connectivity index (χ3n) is 2.64. The molecule has 0 aliphatic carbocycles. The van der Waals surface area contributed by atoms with Gasteiger partial charge in [0.25, 0.3) is 0 Å². The molecule has 0 spiro atoms. The van der Waals surface area contributed by atoms with Crippen LogP contribution < -0.4 is 11.3 Å². The molecule has 0 aromatic carbocycles. The molecule has 2 aromatic rings. The molecule has 7 nitrogen and oxygen atoms in total. The van der Waals surface area contributed by atoms with Crippen molar-refractivity contribution in [2.45, 2.75) is 32.4 Å². The Labute approximate surface area is 99.4 Å². The van der Waals surface area contributed by atoms with Gasteiger partial charge in [0.2, 0.25) is 0 Å². The number of aromatic amines is 1. The van der Waals surface area contributed by atoms with E-state index in [-0.39, 0.29) is 6.04 Å². The van der Waals surface area contributed by atoms with Gasteiger partial charge in [-0.05, 0) is 6.42 Å². The van der Waals surface area contributed by atoms with E-state index in [1.54, 1.807) is 12.4 Å². The Morgan fingerprint density at radius 1 is 1.59 bits per heavy atom. The van der Waals surface area contributed by atoms with Gasteiger partial charge in [-0.15, -0.1) is 0 Å².